The third-order valence-electron chi connectivity index (χ3n) is 3.64. The minimum Gasteiger partial charge on any atom is -0.475 e. The SMILES string of the molecule is CNC(=O)C(N)(C(=O)[C@@]1(F)CCNC1)C(C)C.O=C(O)C(F)(F)F. The molecule has 1 saturated heterocycles. The van der Waals surface area contributed by atoms with E-state index in [-0.39, 0.29) is 13.0 Å². The highest BCUT2D eigenvalue weighted by molar-refractivity contribution is 6.14. The van der Waals surface area contributed by atoms with Gasteiger partial charge < -0.3 is 21.5 Å². The molecule has 0 aromatic rings. The van der Waals surface area contributed by atoms with E-state index in [1.54, 1.807) is 13.8 Å². The quantitative estimate of drug-likeness (QED) is 0.414. The van der Waals surface area contributed by atoms with Crippen LogP contribution in [0, 0.1) is 5.92 Å². The number of ketones is 1. The molecule has 2 atom stereocenters. The van der Waals surface area contributed by atoms with E-state index >= 15 is 0 Å². The van der Waals surface area contributed by atoms with Gasteiger partial charge in [0.05, 0.1) is 0 Å². The van der Waals surface area contributed by atoms with E-state index in [0.29, 0.717) is 6.54 Å². The maximum absolute atomic E-state index is 14.4. The molecule has 0 aromatic heterocycles. The fraction of sp³-hybridized carbons (Fsp3) is 0.769. The largest absolute Gasteiger partial charge is 0.490 e. The van der Waals surface area contributed by atoms with E-state index in [0.717, 1.165) is 0 Å². The molecule has 0 spiro atoms. The Kier molecular flexibility index (Phi) is 7.31. The summed E-state index contributed by atoms with van der Waals surface area (Å²) in [6.45, 7) is 3.62. The lowest BCUT2D eigenvalue weighted by Crippen LogP contribution is -2.67. The average Bonchev–Trinajstić information content (AvgIpc) is 2.92. The topological polar surface area (TPSA) is 122 Å². The van der Waals surface area contributed by atoms with Crippen LogP contribution in [-0.2, 0) is 14.4 Å². The van der Waals surface area contributed by atoms with Crippen molar-refractivity contribution in [2.45, 2.75) is 37.7 Å². The Morgan fingerprint density at radius 2 is 1.75 bits per heavy atom. The van der Waals surface area contributed by atoms with E-state index in [9.17, 15) is 27.2 Å². The molecule has 1 aliphatic heterocycles. The molecule has 0 aliphatic carbocycles. The van der Waals surface area contributed by atoms with E-state index in [4.69, 9.17) is 15.6 Å². The van der Waals surface area contributed by atoms with E-state index in [1.165, 1.54) is 7.05 Å². The van der Waals surface area contributed by atoms with Gasteiger partial charge in [0.15, 0.2) is 11.2 Å². The maximum atomic E-state index is 14.4. The lowest BCUT2D eigenvalue weighted by atomic mass is 9.76. The second-order valence-electron chi connectivity index (χ2n) is 5.63. The van der Waals surface area contributed by atoms with Gasteiger partial charge in [0, 0.05) is 20.0 Å². The summed E-state index contributed by atoms with van der Waals surface area (Å²) in [5.41, 5.74) is 2.03. The average molecular weight is 359 g/mol. The second kappa shape index (κ2) is 7.88. The molecule has 5 N–H and O–H groups in total. The molecule has 1 fully saturated rings. The number of Topliss-reactive ketones (excluding diaryl/α,β-unsaturated/α-hetero) is 1. The summed E-state index contributed by atoms with van der Waals surface area (Å²) in [6.07, 6.45) is -5.02. The second-order valence-corrected chi connectivity index (χ2v) is 5.63. The van der Waals surface area contributed by atoms with Crippen molar-refractivity contribution in [3.8, 4) is 0 Å². The smallest absolute Gasteiger partial charge is 0.475 e. The molecule has 24 heavy (non-hydrogen) atoms. The van der Waals surface area contributed by atoms with Crippen molar-refractivity contribution in [1.29, 1.82) is 0 Å². The molecular weight excluding hydrogens is 338 g/mol. The van der Waals surface area contributed by atoms with Crippen LogP contribution < -0.4 is 16.4 Å². The van der Waals surface area contributed by atoms with Gasteiger partial charge in [-0.2, -0.15) is 13.2 Å². The molecule has 0 radical (unpaired) electrons. The van der Waals surface area contributed by atoms with Gasteiger partial charge in [-0.05, 0) is 12.5 Å². The Morgan fingerprint density at radius 3 is 2.00 bits per heavy atom. The fourth-order valence-electron chi connectivity index (χ4n) is 2.06. The highest BCUT2D eigenvalue weighted by Crippen LogP contribution is 2.29. The van der Waals surface area contributed by atoms with Crippen LogP contribution in [-0.4, -0.2) is 60.3 Å². The molecule has 1 amide bonds. The maximum Gasteiger partial charge on any atom is 0.490 e. The van der Waals surface area contributed by atoms with Gasteiger partial charge in [-0.25, -0.2) is 9.18 Å². The number of hydrogen-bond acceptors (Lipinski definition) is 5. The molecule has 0 aromatic carbocycles. The van der Waals surface area contributed by atoms with Gasteiger partial charge in [-0.1, -0.05) is 13.8 Å². The first-order chi connectivity index (χ1) is 10.7. The Hall–Kier alpha value is -1.75. The minimum atomic E-state index is -5.08. The zero-order valence-electron chi connectivity index (χ0n) is 13.5. The van der Waals surface area contributed by atoms with E-state index < -0.39 is 41.0 Å². The van der Waals surface area contributed by atoms with Crippen LogP contribution in [0.4, 0.5) is 17.6 Å². The van der Waals surface area contributed by atoms with E-state index in [1.807, 2.05) is 0 Å². The molecule has 1 unspecified atom stereocenters. The molecule has 1 rings (SSSR count). The van der Waals surface area contributed by atoms with Crippen LogP contribution in [0.25, 0.3) is 0 Å². The number of hydrogen-bond donors (Lipinski definition) is 4. The molecule has 0 bridgehead atoms. The summed E-state index contributed by atoms with van der Waals surface area (Å²) in [7, 11) is 1.39. The normalized spacial score (nSPS) is 23.0. The number of nitrogens with two attached hydrogens (primary N) is 1. The van der Waals surface area contributed by atoms with Gasteiger partial charge in [0.1, 0.15) is 0 Å². The van der Waals surface area contributed by atoms with Crippen molar-refractivity contribution in [3.63, 3.8) is 0 Å². The van der Waals surface area contributed by atoms with Crippen molar-refractivity contribution in [3.05, 3.63) is 0 Å². The number of aliphatic carboxylic acids is 1. The zero-order chi connectivity index (χ0) is 19.3. The van der Waals surface area contributed by atoms with Crippen LogP contribution in [0.15, 0.2) is 0 Å². The first kappa shape index (κ1) is 22.2. The van der Waals surface area contributed by atoms with Crippen molar-refractivity contribution in [2.75, 3.05) is 20.1 Å². The fourth-order valence-corrected chi connectivity index (χ4v) is 2.06. The number of nitrogens with one attached hydrogen (secondary N) is 2. The molecule has 1 aliphatic rings. The predicted molar refractivity (Wildman–Crippen MR) is 75.8 cm³/mol. The van der Waals surface area contributed by atoms with Crippen LogP contribution in [0.2, 0.25) is 0 Å². The number of carboxylic acids is 1. The summed E-state index contributed by atoms with van der Waals surface area (Å²) in [5.74, 6) is -4.69. The highest BCUT2D eigenvalue weighted by Gasteiger charge is 2.55. The number of alkyl halides is 4. The summed E-state index contributed by atoms with van der Waals surface area (Å²) >= 11 is 0. The molecule has 7 nitrogen and oxygen atoms in total. The lowest BCUT2D eigenvalue weighted by molar-refractivity contribution is -0.192. The van der Waals surface area contributed by atoms with Crippen molar-refractivity contribution >= 4 is 17.7 Å². The standard InChI is InChI=1S/C11H20FN3O2.C2HF3O2/c1-7(2)11(13,9(17)14-3)8(16)10(12)4-5-15-6-10;3-2(4,5)1(6)7/h7,15H,4-6,13H2,1-3H3,(H,14,17);(H,6,7)/t10-,11?;/m1./s1. The number of carbonyl (C=O) groups excluding carboxylic acids is 2. The summed E-state index contributed by atoms with van der Waals surface area (Å²) in [4.78, 5) is 32.9. The molecule has 11 heteroatoms. The molecular formula is C13H21F4N3O4. The van der Waals surface area contributed by atoms with Crippen molar-refractivity contribution in [2.24, 2.45) is 11.7 Å². The van der Waals surface area contributed by atoms with Crippen LogP contribution in [0.3, 0.4) is 0 Å². The number of carbonyl (C=O) groups is 3. The number of halogens is 4. The number of carboxylic acid groups (broad SMARTS) is 1. The van der Waals surface area contributed by atoms with Gasteiger partial charge in [0.2, 0.25) is 11.7 Å². The molecule has 0 saturated carbocycles. The van der Waals surface area contributed by atoms with Crippen LogP contribution >= 0.6 is 0 Å². The number of amides is 1. The Morgan fingerprint density at radius 1 is 1.29 bits per heavy atom. The summed E-state index contributed by atoms with van der Waals surface area (Å²) < 4.78 is 46.1. The minimum absolute atomic E-state index is 0.0640. The van der Waals surface area contributed by atoms with E-state index in [2.05, 4.69) is 10.6 Å². The Bertz CT molecular complexity index is 490. The first-order valence-electron chi connectivity index (χ1n) is 6.99. The van der Waals surface area contributed by atoms with Gasteiger partial charge >= 0.3 is 12.1 Å². The first-order valence-corrected chi connectivity index (χ1v) is 6.99. The van der Waals surface area contributed by atoms with Crippen LogP contribution in [0.5, 0.6) is 0 Å². The number of likely N-dealkylation sites (N-methyl/N-ethyl adjacent to an activating group) is 1. The third-order valence-corrected chi connectivity index (χ3v) is 3.64. The summed E-state index contributed by atoms with van der Waals surface area (Å²) in [6, 6.07) is 0. The lowest BCUT2D eigenvalue weighted by Gasteiger charge is -2.34. The monoisotopic (exact) mass is 359 g/mol. The molecule has 1 heterocycles. The van der Waals surface area contributed by atoms with Gasteiger partial charge in [-0.15, -0.1) is 0 Å². The number of rotatable bonds is 4. The van der Waals surface area contributed by atoms with Crippen molar-refractivity contribution < 1.29 is 37.1 Å². The van der Waals surface area contributed by atoms with Gasteiger partial charge in [0.25, 0.3) is 0 Å². The van der Waals surface area contributed by atoms with Gasteiger partial charge in [-0.3, -0.25) is 9.59 Å². The summed E-state index contributed by atoms with van der Waals surface area (Å²) in [5, 5.41) is 12.2. The third kappa shape index (κ3) is 4.87. The zero-order valence-corrected chi connectivity index (χ0v) is 13.5. The van der Waals surface area contributed by atoms with Crippen molar-refractivity contribution in [1.82, 2.24) is 10.6 Å². The van der Waals surface area contributed by atoms with Crippen LogP contribution in [0.1, 0.15) is 20.3 Å². The Labute approximate surface area is 135 Å². The predicted octanol–water partition coefficient (Wildman–Crippen LogP) is -0.0101. The highest BCUT2D eigenvalue weighted by atomic mass is 19.4. The molecule has 140 valence electrons. The Balaban J connectivity index is 0.000000640.